The summed E-state index contributed by atoms with van der Waals surface area (Å²) in [6.45, 7) is 10.9. The van der Waals surface area contributed by atoms with Crippen LogP contribution in [0.1, 0.15) is 55.4 Å². The summed E-state index contributed by atoms with van der Waals surface area (Å²) in [4.78, 5) is 21.3. The first kappa shape index (κ1) is 25.2. The second-order valence-electron chi connectivity index (χ2n) is 10.1. The molecule has 4 aromatic rings. The molecule has 0 bridgehead atoms. The Morgan fingerprint density at radius 3 is 2.08 bits per heavy atom. The Morgan fingerprint density at radius 2 is 1.51 bits per heavy atom. The molecule has 1 fully saturated rings. The maximum Gasteiger partial charge on any atom is 0.303 e. The van der Waals surface area contributed by atoms with Crippen LogP contribution in [0.2, 0.25) is 0 Å². The predicted molar refractivity (Wildman–Crippen MR) is 147 cm³/mol. The Kier molecular flexibility index (Phi) is 7.68. The van der Waals surface area contributed by atoms with Gasteiger partial charge in [-0.25, -0.2) is 4.98 Å². The van der Waals surface area contributed by atoms with Crippen molar-refractivity contribution in [2.24, 2.45) is 0 Å². The van der Waals surface area contributed by atoms with E-state index in [1.165, 1.54) is 23.6 Å². The van der Waals surface area contributed by atoms with Crippen LogP contribution >= 0.6 is 0 Å². The summed E-state index contributed by atoms with van der Waals surface area (Å²) < 4.78 is 7.42. The number of fused-ring (bicyclic) bond motifs is 1. The molecule has 6 nitrogen and oxygen atoms in total. The van der Waals surface area contributed by atoms with Gasteiger partial charge in [-0.05, 0) is 42.7 Å². The van der Waals surface area contributed by atoms with Crippen LogP contribution in [0.5, 0.6) is 0 Å². The SMILES string of the molecule is CC(=O)OCc1nc2cc(CN3CCN(C(c4ccccc4)c4ccccc4)CC3)ccc2n1C(C)C. The largest absolute Gasteiger partial charge is 0.458 e. The highest BCUT2D eigenvalue weighted by molar-refractivity contribution is 5.77. The number of benzene rings is 3. The Hall–Kier alpha value is -3.48. The van der Waals surface area contributed by atoms with Crippen LogP contribution in [-0.2, 0) is 22.7 Å². The lowest BCUT2D eigenvalue weighted by Crippen LogP contribution is -2.47. The zero-order valence-corrected chi connectivity index (χ0v) is 22.0. The Balaban J connectivity index is 1.29. The molecule has 1 aliphatic rings. The monoisotopic (exact) mass is 496 g/mol. The van der Waals surface area contributed by atoms with Crippen molar-refractivity contribution in [3.05, 3.63) is 101 Å². The minimum atomic E-state index is -0.288. The van der Waals surface area contributed by atoms with Crippen LogP contribution < -0.4 is 0 Å². The van der Waals surface area contributed by atoms with Crippen molar-refractivity contribution in [2.75, 3.05) is 26.2 Å². The van der Waals surface area contributed by atoms with Crippen molar-refractivity contribution in [1.29, 1.82) is 0 Å². The lowest BCUT2D eigenvalue weighted by molar-refractivity contribution is -0.142. The molecular weight excluding hydrogens is 460 g/mol. The third-order valence-electron chi connectivity index (χ3n) is 7.16. The number of rotatable bonds is 8. The van der Waals surface area contributed by atoms with Gasteiger partial charge in [0.2, 0.25) is 0 Å². The van der Waals surface area contributed by atoms with Crippen LogP contribution in [0.15, 0.2) is 78.9 Å². The summed E-state index contributed by atoms with van der Waals surface area (Å²) in [7, 11) is 0. The minimum Gasteiger partial charge on any atom is -0.458 e. The second-order valence-corrected chi connectivity index (χ2v) is 10.1. The zero-order valence-electron chi connectivity index (χ0n) is 22.0. The molecule has 1 saturated heterocycles. The quantitative estimate of drug-likeness (QED) is 0.298. The van der Waals surface area contributed by atoms with Crippen molar-refractivity contribution < 1.29 is 9.53 Å². The van der Waals surface area contributed by atoms with Gasteiger partial charge in [-0.1, -0.05) is 66.7 Å². The van der Waals surface area contributed by atoms with E-state index in [2.05, 4.69) is 107 Å². The van der Waals surface area contributed by atoms with Gasteiger partial charge in [-0.2, -0.15) is 0 Å². The van der Waals surface area contributed by atoms with Gasteiger partial charge >= 0.3 is 5.97 Å². The fraction of sp³-hybridized carbons (Fsp3) is 0.355. The number of nitrogens with zero attached hydrogens (tertiary/aromatic N) is 4. The van der Waals surface area contributed by atoms with Crippen LogP contribution in [0.3, 0.4) is 0 Å². The number of ether oxygens (including phenoxy) is 1. The summed E-state index contributed by atoms with van der Waals surface area (Å²) >= 11 is 0. The maximum absolute atomic E-state index is 11.3. The van der Waals surface area contributed by atoms with E-state index in [0.717, 1.165) is 49.6 Å². The number of hydrogen-bond donors (Lipinski definition) is 0. The average molecular weight is 497 g/mol. The Bertz CT molecular complexity index is 1290. The second kappa shape index (κ2) is 11.3. The third kappa shape index (κ3) is 5.76. The lowest BCUT2D eigenvalue weighted by Gasteiger charge is -2.39. The van der Waals surface area contributed by atoms with Crippen molar-refractivity contribution >= 4 is 17.0 Å². The Morgan fingerprint density at radius 1 is 0.892 bits per heavy atom. The molecule has 0 saturated carbocycles. The first-order valence-corrected chi connectivity index (χ1v) is 13.2. The fourth-order valence-corrected chi connectivity index (χ4v) is 5.46. The van der Waals surface area contributed by atoms with Crippen molar-refractivity contribution in [3.63, 3.8) is 0 Å². The molecule has 0 amide bonds. The molecular formula is C31H36N4O2. The molecule has 0 spiro atoms. The van der Waals surface area contributed by atoms with Gasteiger partial charge in [0.15, 0.2) is 0 Å². The number of carbonyl (C=O) groups excluding carboxylic acids is 1. The van der Waals surface area contributed by atoms with Crippen molar-refractivity contribution in [2.45, 2.75) is 46.0 Å². The normalized spacial score (nSPS) is 15.1. The molecule has 192 valence electrons. The number of esters is 1. The van der Waals surface area contributed by atoms with E-state index >= 15 is 0 Å². The topological polar surface area (TPSA) is 50.6 Å². The molecule has 2 heterocycles. The van der Waals surface area contributed by atoms with Crippen LogP contribution in [0.4, 0.5) is 0 Å². The smallest absolute Gasteiger partial charge is 0.303 e. The van der Waals surface area contributed by atoms with Crippen LogP contribution in [0.25, 0.3) is 11.0 Å². The molecule has 1 aliphatic heterocycles. The molecule has 1 aromatic heterocycles. The van der Waals surface area contributed by atoms with E-state index in [4.69, 9.17) is 9.72 Å². The van der Waals surface area contributed by atoms with Gasteiger partial charge in [0.25, 0.3) is 0 Å². The van der Waals surface area contributed by atoms with Gasteiger partial charge < -0.3 is 9.30 Å². The average Bonchev–Trinajstić information content (AvgIpc) is 3.28. The van der Waals surface area contributed by atoms with E-state index in [9.17, 15) is 4.79 Å². The molecule has 5 rings (SSSR count). The summed E-state index contributed by atoms with van der Waals surface area (Å²) in [5.74, 6) is 0.503. The molecule has 0 atom stereocenters. The van der Waals surface area contributed by atoms with E-state index in [-0.39, 0.29) is 24.7 Å². The summed E-state index contributed by atoms with van der Waals surface area (Å²) in [5, 5.41) is 0. The van der Waals surface area contributed by atoms with Gasteiger partial charge in [0, 0.05) is 45.7 Å². The molecule has 0 unspecified atom stereocenters. The third-order valence-corrected chi connectivity index (χ3v) is 7.16. The van der Waals surface area contributed by atoms with Crippen LogP contribution in [0, 0.1) is 0 Å². The first-order valence-electron chi connectivity index (χ1n) is 13.2. The molecule has 6 heteroatoms. The number of carbonyl (C=O) groups is 1. The highest BCUT2D eigenvalue weighted by Gasteiger charge is 2.26. The number of aromatic nitrogens is 2. The fourth-order valence-electron chi connectivity index (χ4n) is 5.46. The highest BCUT2D eigenvalue weighted by Crippen LogP contribution is 2.30. The molecule has 37 heavy (non-hydrogen) atoms. The summed E-state index contributed by atoms with van der Waals surface area (Å²) in [6, 6.07) is 28.7. The van der Waals surface area contributed by atoms with Crippen LogP contribution in [-0.4, -0.2) is 51.5 Å². The van der Waals surface area contributed by atoms with Crippen molar-refractivity contribution in [3.8, 4) is 0 Å². The molecule has 0 radical (unpaired) electrons. The zero-order chi connectivity index (χ0) is 25.8. The predicted octanol–water partition coefficient (Wildman–Crippen LogP) is 5.59. The summed E-state index contributed by atoms with van der Waals surface area (Å²) in [6.07, 6.45) is 0. The Labute approximate surface area is 219 Å². The number of hydrogen-bond acceptors (Lipinski definition) is 5. The number of imidazole rings is 1. The van der Waals surface area contributed by atoms with Gasteiger partial charge in [-0.15, -0.1) is 0 Å². The van der Waals surface area contributed by atoms with E-state index in [0.29, 0.717) is 0 Å². The maximum atomic E-state index is 11.3. The van der Waals surface area contributed by atoms with Gasteiger partial charge in [-0.3, -0.25) is 14.6 Å². The van der Waals surface area contributed by atoms with E-state index < -0.39 is 0 Å². The minimum absolute atomic E-state index is 0.198. The first-order chi connectivity index (χ1) is 18.0. The van der Waals surface area contributed by atoms with E-state index in [1.807, 2.05) is 0 Å². The van der Waals surface area contributed by atoms with Gasteiger partial charge in [0.1, 0.15) is 12.4 Å². The van der Waals surface area contributed by atoms with E-state index in [1.54, 1.807) is 0 Å². The highest BCUT2D eigenvalue weighted by atomic mass is 16.5. The molecule has 0 aliphatic carbocycles. The molecule has 3 aromatic carbocycles. The lowest BCUT2D eigenvalue weighted by atomic mass is 9.96. The number of piperazine rings is 1. The standard InChI is InChI=1S/C31H36N4O2/c1-23(2)35-29-15-14-25(20-28(29)32-30(35)22-37-24(3)36)21-33-16-18-34(19-17-33)31(26-10-6-4-7-11-26)27-12-8-5-9-13-27/h4-15,20,23,31H,16-19,21-22H2,1-3H3. The van der Waals surface area contributed by atoms with Gasteiger partial charge in [0.05, 0.1) is 17.1 Å². The summed E-state index contributed by atoms with van der Waals surface area (Å²) in [5.41, 5.74) is 5.99. The van der Waals surface area contributed by atoms with Crippen molar-refractivity contribution in [1.82, 2.24) is 19.4 Å². The molecule has 0 N–H and O–H groups in total.